The van der Waals surface area contributed by atoms with Crippen molar-refractivity contribution in [3.05, 3.63) is 59.4 Å². The van der Waals surface area contributed by atoms with E-state index in [4.69, 9.17) is 10.00 Å². The molecule has 0 atom stereocenters. The molecule has 0 heterocycles. The molecule has 0 amide bonds. The molecule has 0 radical (unpaired) electrons. The largest absolute Gasteiger partial charge is 0.454 e. The standard InChI is InChI=1S/C16H14FNO/c1-11(2)13-4-3-5-14(9-13)19-16-7-6-12(10-18)8-15(16)17/h3-9,11H,1-2H3. The Labute approximate surface area is 112 Å². The fourth-order valence-electron chi connectivity index (χ4n) is 1.72. The van der Waals surface area contributed by atoms with Gasteiger partial charge in [-0.05, 0) is 41.8 Å². The zero-order valence-corrected chi connectivity index (χ0v) is 10.9. The van der Waals surface area contributed by atoms with Gasteiger partial charge in [-0.3, -0.25) is 0 Å². The molecule has 0 unspecified atom stereocenters. The molecule has 2 aromatic carbocycles. The van der Waals surface area contributed by atoms with Crippen LogP contribution in [0.3, 0.4) is 0 Å². The van der Waals surface area contributed by atoms with Gasteiger partial charge in [-0.2, -0.15) is 5.26 Å². The molecule has 0 saturated carbocycles. The molecule has 0 N–H and O–H groups in total. The van der Waals surface area contributed by atoms with E-state index in [1.54, 1.807) is 6.07 Å². The van der Waals surface area contributed by atoms with Crippen molar-refractivity contribution in [3.63, 3.8) is 0 Å². The lowest BCUT2D eigenvalue weighted by Gasteiger charge is -2.10. The molecule has 0 spiro atoms. The van der Waals surface area contributed by atoms with Gasteiger partial charge in [0.1, 0.15) is 5.75 Å². The van der Waals surface area contributed by atoms with Gasteiger partial charge >= 0.3 is 0 Å². The van der Waals surface area contributed by atoms with E-state index in [1.807, 2.05) is 24.3 Å². The lowest BCUT2D eigenvalue weighted by molar-refractivity contribution is 0.441. The lowest BCUT2D eigenvalue weighted by Crippen LogP contribution is -1.92. The van der Waals surface area contributed by atoms with Crippen molar-refractivity contribution in [2.75, 3.05) is 0 Å². The van der Waals surface area contributed by atoms with Crippen molar-refractivity contribution in [1.29, 1.82) is 5.26 Å². The second-order valence-corrected chi connectivity index (χ2v) is 4.59. The van der Waals surface area contributed by atoms with Crippen molar-refractivity contribution in [1.82, 2.24) is 0 Å². The first-order valence-electron chi connectivity index (χ1n) is 6.07. The van der Waals surface area contributed by atoms with Crippen LogP contribution < -0.4 is 4.74 Å². The highest BCUT2D eigenvalue weighted by Gasteiger charge is 2.07. The summed E-state index contributed by atoms with van der Waals surface area (Å²) >= 11 is 0. The van der Waals surface area contributed by atoms with E-state index >= 15 is 0 Å². The highest BCUT2D eigenvalue weighted by atomic mass is 19.1. The number of ether oxygens (including phenoxy) is 1. The molecule has 19 heavy (non-hydrogen) atoms. The second-order valence-electron chi connectivity index (χ2n) is 4.59. The maximum Gasteiger partial charge on any atom is 0.167 e. The van der Waals surface area contributed by atoms with Crippen LogP contribution in [-0.2, 0) is 0 Å². The van der Waals surface area contributed by atoms with Crippen LogP contribution in [0.15, 0.2) is 42.5 Å². The first-order chi connectivity index (χ1) is 9.10. The number of benzene rings is 2. The van der Waals surface area contributed by atoms with Gasteiger partial charge in [-0.15, -0.1) is 0 Å². The summed E-state index contributed by atoms with van der Waals surface area (Å²) in [5, 5.41) is 8.68. The van der Waals surface area contributed by atoms with Gasteiger partial charge in [0.2, 0.25) is 0 Å². The van der Waals surface area contributed by atoms with Crippen LogP contribution in [0.4, 0.5) is 4.39 Å². The van der Waals surface area contributed by atoms with Crippen LogP contribution in [0.25, 0.3) is 0 Å². The van der Waals surface area contributed by atoms with Crippen LogP contribution >= 0.6 is 0 Å². The van der Waals surface area contributed by atoms with E-state index in [2.05, 4.69) is 13.8 Å². The number of halogens is 1. The number of rotatable bonds is 3. The average molecular weight is 255 g/mol. The fourth-order valence-corrected chi connectivity index (χ4v) is 1.72. The zero-order valence-electron chi connectivity index (χ0n) is 10.9. The third-order valence-electron chi connectivity index (χ3n) is 2.81. The minimum absolute atomic E-state index is 0.125. The zero-order chi connectivity index (χ0) is 13.8. The molecule has 2 aromatic rings. The van der Waals surface area contributed by atoms with Crippen LogP contribution in [0.1, 0.15) is 30.9 Å². The molecule has 0 aliphatic heterocycles. The van der Waals surface area contributed by atoms with E-state index in [0.29, 0.717) is 11.7 Å². The van der Waals surface area contributed by atoms with E-state index in [9.17, 15) is 4.39 Å². The predicted octanol–water partition coefficient (Wildman–Crippen LogP) is 4.61. The van der Waals surface area contributed by atoms with E-state index in [1.165, 1.54) is 18.2 Å². The topological polar surface area (TPSA) is 33.0 Å². The average Bonchev–Trinajstić information content (AvgIpc) is 2.41. The first kappa shape index (κ1) is 13.1. The Hall–Kier alpha value is -2.34. The van der Waals surface area contributed by atoms with Gasteiger partial charge in [0.05, 0.1) is 11.6 Å². The smallest absolute Gasteiger partial charge is 0.167 e. The van der Waals surface area contributed by atoms with Gasteiger partial charge in [0.15, 0.2) is 11.6 Å². The molecule has 0 fully saturated rings. The Bertz CT molecular complexity index is 629. The molecule has 2 rings (SSSR count). The Morgan fingerprint density at radius 3 is 2.58 bits per heavy atom. The van der Waals surface area contributed by atoms with Crippen LogP contribution in [-0.4, -0.2) is 0 Å². The second kappa shape index (κ2) is 5.53. The Kier molecular flexibility index (Phi) is 3.82. The summed E-state index contributed by atoms with van der Waals surface area (Å²) in [7, 11) is 0. The third kappa shape index (κ3) is 3.11. The van der Waals surface area contributed by atoms with Crippen molar-refractivity contribution in [2.45, 2.75) is 19.8 Å². The maximum absolute atomic E-state index is 13.7. The maximum atomic E-state index is 13.7. The Balaban J connectivity index is 2.26. The van der Waals surface area contributed by atoms with E-state index in [0.717, 1.165) is 5.56 Å². The van der Waals surface area contributed by atoms with Crippen LogP contribution in [0.5, 0.6) is 11.5 Å². The van der Waals surface area contributed by atoms with Gasteiger partial charge in [-0.1, -0.05) is 26.0 Å². The highest BCUT2D eigenvalue weighted by Crippen LogP contribution is 2.27. The summed E-state index contributed by atoms with van der Waals surface area (Å²) in [6.07, 6.45) is 0. The molecule has 0 aliphatic carbocycles. The predicted molar refractivity (Wildman–Crippen MR) is 71.7 cm³/mol. The molecule has 0 aromatic heterocycles. The first-order valence-corrected chi connectivity index (χ1v) is 6.07. The van der Waals surface area contributed by atoms with Crippen molar-refractivity contribution in [2.24, 2.45) is 0 Å². The highest BCUT2D eigenvalue weighted by molar-refractivity contribution is 5.39. The summed E-state index contributed by atoms with van der Waals surface area (Å²) in [6.45, 7) is 4.17. The summed E-state index contributed by atoms with van der Waals surface area (Å²) in [4.78, 5) is 0. The SMILES string of the molecule is CC(C)c1cccc(Oc2ccc(C#N)cc2F)c1. The lowest BCUT2D eigenvalue weighted by atomic mass is 10.0. The summed E-state index contributed by atoms with van der Waals surface area (Å²) in [5.74, 6) is 0.568. The fraction of sp³-hybridized carbons (Fsp3) is 0.188. The van der Waals surface area contributed by atoms with Gasteiger partial charge in [0, 0.05) is 0 Å². The third-order valence-corrected chi connectivity index (χ3v) is 2.81. The summed E-state index contributed by atoms with van der Waals surface area (Å²) in [5.41, 5.74) is 1.41. The summed E-state index contributed by atoms with van der Waals surface area (Å²) in [6, 6.07) is 13.6. The van der Waals surface area contributed by atoms with Gasteiger partial charge in [-0.25, -0.2) is 4.39 Å². The molecular formula is C16H14FNO. The molecule has 96 valence electrons. The summed E-state index contributed by atoms with van der Waals surface area (Å²) < 4.78 is 19.2. The molecular weight excluding hydrogens is 241 g/mol. The quantitative estimate of drug-likeness (QED) is 0.802. The molecule has 3 heteroatoms. The molecule has 0 bridgehead atoms. The number of nitrogens with zero attached hydrogens (tertiary/aromatic N) is 1. The van der Waals surface area contributed by atoms with E-state index in [-0.39, 0.29) is 11.3 Å². The number of hydrogen-bond donors (Lipinski definition) is 0. The van der Waals surface area contributed by atoms with Crippen LogP contribution in [0, 0.1) is 17.1 Å². The number of hydrogen-bond acceptors (Lipinski definition) is 2. The normalized spacial score (nSPS) is 10.3. The molecule has 2 nitrogen and oxygen atoms in total. The number of nitriles is 1. The van der Waals surface area contributed by atoms with Gasteiger partial charge < -0.3 is 4.74 Å². The van der Waals surface area contributed by atoms with Crippen molar-refractivity contribution in [3.8, 4) is 17.6 Å². The molecule has 0 saturated heterocycles. The Morgan fingerprint density at radius 1 is 1.16 bits per heavy atom. The van der Waals surface area contributed by atoms with Crippen molar-refractivity contribution >= 4 is 0 Å². The van der Waals surface area contributed by atoms with Crippen LogP contribution in [0.2, 0.25) is 0 Å². The van der Waals surface area contributed by atoms with Crippen molar-refractivity contribution < 1.29 is 9.13 Å². The molecule has 0 aliphatic rings. The minimum Gasteiger partial charge on any atom is -0.454 e. The minimum atomic E-state index is -0.533. The Morgan fingerprint density at radius 2 is 1.95 bits per heavy atom. The monoisotopic (exact) mass is 255 g/mol. The van der Waals surface area contributed by atoms with Gasteiger partial charge in [0.25, 0.3) is 0 Å². The van der Waals surface area contributed by atoms with E-state index < -0.39 is 5.82 Å².